The summed E-state index contributed by atoms with van der Waals surface area (Å²) < 4.78 is 5.01. The fourth-order valence-corrected chi connectivity index (χ4v) is 1.88. The molecule has 0 aromatic carbocycles. The van der Waals surface area contributed by atoms with E-state index in [1.165, 1.54) is 0 Å². The normalized spacial score (nSPS) is 23.8. The minimum absolute atomic E-state index is 0.279. The summed E-state index contributed by atoms with van der Waals surface area (Å²) in [6, 6.07) is 3.59. The highest BCUT2D eigenvalue weighted by atomic mass is 16.5. The smallest absolute Gasteiger partial charge is 0.325 e. The molecule has 3 N–H and O–H groups in total. The quantitative estimate of drug-likeness (QED) is 0.774. The second kappa shape index (κ2) is 4.21. The molecule has 0 spiro atoms. The van der Waals surface area contributed by atoms with E-state index in [0.29, 0.717) is 18.7 Å². The molecule has 92 valence electrons. The maximum atomic E-state index is 11.0. The number of carbonyl (C=O) groups is 1. The molecule has 1 unspecified atom stereocenters. The van der Waals surface area contributed by atoms with Crippen molar-refractivity contribution < 1.29 is 14.6 Å². The lowest BCUT2D eigenvalue weighted by molar-refractivity contribution is -0.142. The van der Waals surface area contributed by atoms with Crippen molar-refractivity contribution in [3.05, 3.63) is 18.3 Å². The minimum Gasteiger partial charge on any atom is -0.495 e. The molecular weight excluding hydrogens is 222 g/mol. The zero-order valence-corrected chi connectivity index (χ0v) is 9.59. The Morgan fingerprint density at radius 3 is 2.88 bits per heavy atom. The van der Waals surface area contributed by atoms with E-state index in [1.54, 1.807) is 25.4 Å². The molecule has 0 radical (unpaired) electrons. The number of aliphatic carboxylic acids is 1. The summed E-state index contributed by atoms with van der Waals surface area (Å²) in [5.41, 5.74) is 4.63. The van der Waals surface area contributed by atoms with Crippen LogP contribution in [0.25, 0.3) is 0 Å². The first-order chi connectivity index (χ1) is 8.05. The molecule has 2 heterocycles. The van der Waals surface area contributed by atoms with Gasteiger partial charge in [-0.2, -0.15) is 0 Å². The van der Waals surface area contributed by atoms with E-state index in [-0.39, 0.29) is 6.54 Å². The van der Waals surface area contributed by atoms with Gasteiger partial charge in [-0.25, -0.2) is 4.98 Å². The monoisotopic (exact) mass is 237 g/mol. The van der Waals surface area contributed by atoms with Gasteiger partial charge >= 0.3 is 5.97 Å². The van der Waals surface area contributed by atoms with Crippen LogP contribution in [0.3, 0.4) is 0 Å². The third-order valence-corrected chi connectivity index (χ3v) is 3.01. The van der Waals surface area contributed by atoms with Crippen LogP contribution in [0.15, 0.2) is 18.3 Å². The van der Waals surface area contributed by atoms with Crippen molar-refractivity contribution in [3.8, 4) is 5.75 Å². The van der Waals surface area contributed by atoms with Gasteiger partial charge in [-0.1, -0.05) is 0 Å². The van der Waals surface area contributed by atoms with Crippen molar-refractivity contribution >= 4 is 11.8 Å². The van der Waals surface area contributed by atoms with Gasteiger partial charge in [0.15, 0.2) is 0 Å². The van der Waals surface area contributed by atoms with Gasteiger partial charge in [0.1, 0.15) is 17.1 Å². The Hall–Kier alpha value is -1.82. The van der Waals surface area contributed by atoms with Crippen molar-refractivity contribution in [2.75, 3.05) is 25.1 Å². The van der Waals surface area contributed by atoms with Gasteiger partial charge in [0.05, 0.1) is 13.3 Å². The molecule has 0 bridgehead atoms. The van der Waals surface area contributed by atoms with Crippen molar-refractivity contribution in [1.29, 1.82) is 0 Å². The van der Waals surface area contributed by atoms with Crippen molar-refractivity contribution in [3.63, 3.8) is 0 Å². The highest BCUT2D eigenvalue weighted by Gasteiger charge is 2.41. The van der Waals surface area contributed by atoms with E-state index >= 15 is 0 Å². The average molecular weight is 237 g/mol. The lowest BCUT2D eigenvalue weighted by Gasteiger charge is -2.20. The van der Waals surface area contributed by atoms with Gasteiger partial charge in [-0.15, -0.1) is 0 Å². The maximum Gasteiger partial charge on any atom is 0.325 e. The fraction of sp³-hybridized carbons (Fsp3) is 0.455. The summed E-state index contributed by atoms with van der Waals surface area (Å²) in [5, 5.41) is 9.03. The first-order valence-electron chi connectivity index (χ1n) is 5.32. The molecule has 0 amide bonds. The second-order valence-corrected chi connectivity index (χ2v) is 4.19. The summed E-state index contributed by atoms with van der Waals surface area (Å²) in [4.78, 5) is 17.1. The largest absolute Gasteiger partial charge is 0.495 e. The summed E-state index contributed by atoms with van der Waals surface area (Å²) in [5.74, 6) is 0.429. The fourth-order valence-electron chi connectivity index (χ4n) is 1.88. The van der Waals surface area contributed by atoms with Crippen LogP contribution in [0.2, 0.25) is 0 Å². The Kier molecular flexibility index (Phi) is 2.89. The van der Waals surface area contributed by atoms with Crippen LogP contribution in [0.5, 0.6) is 5.75 Å². The van der Waals surface area contributed by atoms with E-state index in [2.05, 4.69) is 4.98 Å². The Labute approximate surface area is 99.0 Å². The highest BCUT2D eigenvalue weighted by molar-refractivity contribution is 5.80. The molecule has 6 nitrogen and oxygen atoms in total. The van der Waals surface area contributed by atoms with Gasteiger partial charge in [0, 0.05) is 13.1 Å². The number of hydrogen-bond acceptors (Lipinski definition) is 5. The lowest BCUT2D eigenvalue weighted by Crippen LogP contribution is -2.50. The topological polar surface area (TPSA) is 88.7 Å². The lowest BCUT2D eigenvalue weighted by atomic mass is 10.0. The highest BCUT2D eigenvalue weighted by Crippen LogP contribution is 2.24. The van der Waals surface area contributed by atoms with Crippen molar-refractivity contribution in [2.45, 2.75) is 12.0 Å². The third kappa shape index (κ3) is 2.16. The average Bonchev–Trinajstić information content (AvgIpc) is 2.74. The standard InChI is InChI=1S/C11H15N3O3/c1-17-8-2-3-9(13-6-8)14-5-4-11(12,7-14)10(15)16/h2-3,6H,4-5,7,12H2,1H3,(H,15,16). The zero-order chi connectivity index (χ0) is 12.5. The van der Waals surface area contributed by atoms with E-state index < -0.39 is 11.5 Å². The van der Waals surface area contributed by atoms with Gasteiger partial charge in [-0.3, -0.25) is 4.79 Å². The number of carboxylic acids is 1. The summed E-state index contributed by atoms with van der Waals surface area (Å²) in [6.45, 7) is 0.879. The first kappa shape index (κ1) is 11.7. The van der Waals surface area contributed by atoms with Crippen LogP contribution in [0, 0.1) is 0 Å². The van der Waals surface area contributed by atoms with Crippen LogP contribution < -0.4 is 15.4 Å². The molecule has 1 fully saturated rings. The molecule has 2 rings (SSSR count). The van der Waals surface area contributed by atoms with Gasteiger partial charge in [0.25, 0.3) is 0 Å². The molecule has 0 aliphatic carbocycles. The molecule has 1 aliphatic rings. The van der Waals surface area contributed by atoms with Crippen LogP contribution in [0.1, 0.15) is 6.42 Å². The number of ether oxygens (including phenoxy) is 1. The molecule has 17 heavy (non-hydrogen) atoms. The van der Waals surface area contributed by atoms with Crippen molar-refractivity contribution in [1.82, 2.24) is 4.98 Å². The molecule has 1 saturated heterocycles. The number of anilines is 1. The Morgan fingerprint density at radius 2 is 2.41 bits per heavy atom. The predicted octanol–water partition coefficient (Wildman–Crippen LogP) is 0.0824. The second-order valence-electron chi connectivity index (χ2n) is 4.19. The van der Waals surface area contributed by atoms with E-state index in [9.17, 15) is 4.79 Å². The van der Waals surface area contributed by atoms with Gasteiger partial charge < -0.3 is 20.5 Å². The van der Waals surface area contributed by atoms with Gasteiger partial charge in [-0.05, 0) is 18.6 Å². The number of nitrogens with zero attached hydrogens (tertiary/aromatic N) is 2. The van der Waals surface area contributed by atoms with E-state index in [4.69, 9.17) is 15.6 Å². The first-order valence-corrected chi connectivity index (χ1v) is 5.32. The minimum atomic E-state index is -1.17. The number of aromatic nitrogens is 1. The summed E-state index contributed by atoms with van der Waals surface area (Å²) in [7, 11) is 1.57. The van der Waals surface area contributed by atoms with E-state index in [1.807, 2.05) is 4.90 Å². The SMILES string of the molecule is COc1ccc(N2CCC(N)(C(=O)O)C2)nc1. The molecule has 0 saturated carbocycles. The molecule has 6 heteroatoms. The third-order valence-electron chi connectivity index (χ3n) is 3.01. The number of methoxy groups -OCH3 is 1. The Bertz CT molecular complexity index is 420. The number of rotatable bonds is 3. The van der Waals surface area contributed by atoms with Crippen LogP contribution in [0.4, 0.5) is 5.82 Å². The van der Waals surface area contributed by atoms with Gasteiger partial charge in [0.2, 0.25) is 0 Å². The summed E-state index contributed by atoms with van der Waals surface area (Å²) in [6.07, 6.45) is 2.03. The molecule has 1 aromatic heterocycles. The van der Waals surface area contributed by atoms with Crippen LogP contribution >= 0.6 is 0 Å². The van der Waals surface area contributed by atoms with Crippen LogP contribution in [-0.4, -0.2) is 41.8 Å². The predicted molar refractivity (Wildman–Crippen MR) is 62.2 cm³/mol. The molecular formula is C11H15N3O3. The number of hydrogen-bond donors (Lipinski definition) is 2. The van der Waals surface area contributed by atoms with E-state index in [0.717, 1.165) is 5.82 Å². The summed E-state index contributed by atoms with van der Waals surface area (Å²) >= 11 is 0. The molecule has 1 aromatic rings. The van der Waals surface area contributed by atoms with Crippen molar-refractivity contribution in [2.24, 2.45) is 5.73 Å². The number of pyridine rings is 1. The molecule has 1 atom stereocenters. The number of carboxylic acid groups (broad SMARTS) is 1. The van der Waals surface area contributed by atoms with Crippen LogP contribution in [-0.2, 0) is 4.79 Å². The zero-order valence-electron chi connectivity index (χ0n) is 9.59. The molecule has 1 aliphatic heterocycles. The number of nitrogens with two attached hydrogens (primary N) is 1. The maximum absolute atomic E-state index is 11.0. The Balaban J connectivity index is 2.12. The Morgan fingerprint density at radius 1 is 1.65 bits per heavy atom.